The zero-order valence-corrected chi connectivity index (χ0v) is 26.8. The second-order valence-corrected chi connectivity index (χ2v) is 11.2. The van der Waals surface area contributed by atoms with E-state index in [1.165, 1.54) is 64.2 Å². The van der Waals surface area contributed by atoms with Gasteiger partial charge in [0, 0.05) is 6.92 Å². The molecule has 0 aliphatic carbocycles. The van der Waals surface area contributed by atoms with Gasteiger partial charge in [-0.2, -0.15) is 0 Å². The number of carbonyl (C=O) groups is 1. The van der Waals surface area contributed by atoms with Crippen LogP contribution in [0.4, 0.5) is 0 Å². The molecule has 0 radical (unpaired) electrons. The van der Waals surface area contributed by atoms with Gasteiger partial charge in [0.1, 0.15) is 11.5 Å². The molecule has 2 aromatic rings. The van der Waals surface area contributed by atoms with Gasteiger partial charge in [0.25, 0.3) is 5.78 Å². The summed E-state index contributed by atoms with van der Waals surface area (Å²) in [6.45, 7) is 9.76. The summed E-state index contributed by atoms with van der Waals surface area (Å²) in [5.41, 5.74) is 1.64. The molecule has 0 bridgehead atoms. The maximum atomic E-state index is 13.4. The summed E-state index contributed by atoms with van der Waals surface area (Å²) < 4.78 is 29.4. The number of ketones is 1. The highest BCUT2D eigenvalue weighted by Crippen LogP contribution is 2.33. The first kappa shape index (κ1) is 34.2. The quantitative estimate of drug-likeness (QED) is 0.113. The van der Waals surface area contributed by atoms with E-state index in [9.17, 15) is 4.79 Å². The number of hydrogen-bond donors (Lipinski definition) is 0. The van der Waals surface area contributed by atoms with Gasteiger partial charge in [-0.15, -0.1) is 0 Å². The third kappa shape index (κ3) is 12.5. The van der Waals surface area contributed by atoms with Crippen LogP contribution >= 0.6 is 0 Å². The summed E-state index contributed by atoms with van der Waals surface area (Å²) in [6, 6.07) is 15.3. The predicted octanol–water partition coefficient (Wildman–Crippen LogP) is 9.87. The van der Waals surface area contributed by atoms with Crippen molar-refractivity contribution in [2.45, 2.75) is 111 Å². The number of ether oxygens (including phenoxy) is 5. The lowest BCUT2D eigenvalue weighted by Gasteiger charge is -2.35. The standard InChI is InChI=1S/C37H52O6/c1-5-8-10-12-14-16-26-39-32-22-18-30(19-23-32)28-34-36(38)35(43-37(4,42-34)41-7-3)29-31-20-24-33(25-21-31)40-27-17-15-13-11-9-6-2/h18-25,28-29H,5-17,26-27H2,1-4H3. The third-order valence-electron chi connectivity index (χ3n) is 7.33. The van der Waals surface area contributed by atoms with Gasteiger partial charge in [-0.05, 0) is 67.3 Å². The number of hydrogen-bond acceptors (Lipinski definition) is 6. The van der Waals surface area contributed by atoms with Crippen LogP contribution in [0.25, 0.3) is 12.2 Å². The van der Waals surface area contributed by atoms with Crippen LogP contribution in [0.1, 0.15) is 116 Å². The Morgan fingerprint density at radius 3 is 1.40 bits per heavy atom. The van der Waals surface area contributed by atoms with E-state index in [4.69, 9.17) is 23.7 Å². The Hall–Kier alpha value is -3.25. The molecule has 236 valence electrons. The van der Waals surface area contributed by atoms with Gasteiger partial charge >= 0.3 is 5.97 Å². The minimum Gasteiger partial charge on any atom is -0.494 e. The molecule has 0 N–H and O–H groups in total. The summed E-state index contributed by atoms with van der Waals surface area (Å²) in [6.07, 6.45) is 18.2. The lowest BCUT2D eigenvalue weighted by Crippen LogP contribution is -2.42. The molecular weight excluding hydrogens is 540 g/mol. The van der Waals surface area contributed by atoms with Gasteiger partial charge in [0.15, 0.2) is 11.5 Å². The van der Waals surface area contributed by atoms with Gasteiger partial charge < -0.3 is 23.7 Å². The fourth-order valence-corrected chi connectivity index (χ4v) is 4.91. The van der Waals surface area contributed by atoms with E-state index in [-0.39, 0.29) is 17.3 Å². The Morgan fingerprint density at radius 2 is 1.00 bits per heavy atom. The van der Waals surface area contributed by atoms with Gasteiger partial charge in [0.2, 0.25) is 0 Å². The normalized spacial score (nSPS) is 18.5. The zero-order valence-electron chi connectivity index (χ0n) is 26.8. The molecule has 1 aliphatic heterocycles. The van der Waals surface area contributed by atoms with Crippen LogP contribution in [0.2, 0.25) is 0 Å². The van der Waals surface area contributed by atoms with Crippen molar-refractivity contribution < 1.29 is 28.5 Å². The highest BCUT2D eigenvalue weighted by molar-refractivity contribution is 6.11. The highest BCUT2D eigenvalue weighted by atomic mass is 16.9. The lowest BCUT2D eigenvalue weighted by atomic mass is 10.1. The number of rotatable bonds is 20. The van der Waals surface area contributed by atoms with Gasteiger partial charge in [-0.1, -0.05) is 102 Å². The molecule has 1 aliphatic rings. The topological polar surface area (TPSA) is 63.2 Å². The van der Waals surface area contributed by atoms with E-state index >= 15 is 0 Å². The maximum Gasteiger partial charge on any atom is 0.368 e. The second-order valence-electron chi connectivity index (χ2n) is 11.2. The molecule has 6 nitrogen and oxygen atoms in total. The first-order valence-corrected chi connectivity index (χ1v) is 16.4. The second kappa shape index (κ2) is 19.1. The Bertz CT molecular complexity index is 1050. The summed E-state index contributed by atoms with van der Waals surface area (Å²) >= 11 is 0. The molecule has 1 saturated heterocycles. The zero-order chi connectivity index (χ0) is 30.8. The van der Waals surface area contributed by atoms with E-state index in [0.717, 1.165) is 35.5 Å². The molecule has 2 aromatic carbocycles. The Labute approximate surface area is 259 Å². The van der Waals surface area contributed by atoms with E-state index in [1.807, 2.05) is 55.5 Å². The molecule has 0 saturated carbocycles. The van der Waals surface area contributed by atoms with Crippen LogP contribution in [0.15, 0.2) is 60.0 Å². The van der Waals surface area contributed by atoms with Crippen LogP contribution in [-0.4, -0.2) is 31.6 Å². The van der Waals surface area contributed by atoms with Crippen molar-refractivity contribution >= 4 is 17.9 Å². The van der Waals surface area contributed by atoms with Gasteiger partial charge in [0.05, 0.1) is 19.8 Å². The van der Waals surface area contributed by atoms with E-state index in [0.29, 0.717) is 19.8 Å². The van der Waals surface area contributed by atoms with Crippen LogP contribution in [0.3, 0.4) is 0 Å². The Balaban J connectivity index is 1.61. The van der Waals surface area contributed by atoms with Crippen LogP contribution in [0.5, 0.6) is 11.5 Å². The molecule has 1 heterocycles. The van der Waals surface area contributed by atoms with Crippen molar-refractivity contribution in [3.8, 4) is 11.5 Å². The monoisotopic (exact) mass is 592 g/mol. The average molecular weight is 593 g/mol. The number of Topliss-reactive ketones (excluding diaryl/α,β-unsaturated/α-hetero) is 1. The van der Waals surface area contributed by atoms with Crippen LogP contribution in [0, 0.1) is 0 Å². The molecule has 0 spiro atoms. The maximum absolute atomic E-state index is 13.4. The molecule has 6 heteroatoms. The fourth-order valence-electron chi connectivity index (χ4n) is 4.91. The molecule has 0 amide bonds. The van der Waals surface area contributed by atoms with Crippen molar-refractivity contribution in [3.05, 3.63) is 71.2 Å². The molecular formula is C37H52O6. The Kier molecular flexibility index (Phi) is 15.2. The fraction of sp³-hybridized carbons (Fsp3) is 0.541. The largest absolute Gasteiger partial charge is 0.494 e. The molecule has 43 heavy (non-hydrogen) atoms. The van der Waals surface area contributed by atoms with E-state index in [1.54, 1.807) is 19.1 Å². The molecule has 3 rings (SSSR count). The van der Waals surface area contributed by atoms with E-state index < -0.39 is 5.97 Å². The van der Waals surface area contributed by atoms with Crippen molar-refractivity contribution in [2.75, 3.05) is 19.8 Å². The smallest absolute Gasteiger partial charge is 0.368 e. The summed E-state index contributed by atoms with van der Waals surface area (Å²) in [7, 11) is 0. The van der Waals surface area contributed by atoms with Crippen molar-refractivity contribution in [2.24, 2.45) is 0 Å². The minimum atomic E-state index is -1.42. The van der Waals surface area contributed by atoms with Crippen molar-refractivity contribution in [1.29, 1.82) is 0 Å². The van der Waals surface area contributed by atoms with Gasteiger partial charge in [-0.3, -0.25) is 4.79 Å². The molecule has 0 aromatic heterocycles. The number of benzene rings is 2. The third-order valence-corrected chi connectivity index (χ3v) is 7.33. The van der Waals surface area contributed by atoms with Crippen molar-refractivity contribution in [1.82, 2.24) is 0 Å². The number of carbonyl (C=O) groups excluding carboxylic acids is 1. The van der Waals surface area contributed by atoms with E-state index in [2.05, 4.69) is 13.8 Å². The summed E-state index contributed by atoms with van der Waals surface area (Å²) in [5.74, 6) is 0.189. The minimum absolute atomic E-state index is 0.160. The molecule has 1 fully saturated rings. The first-order valence-electron chi connectivity index (χ1n) is 16.4. The predicted molar refractivity (Wildman–Crippen MR) is 174 cm³/mol. The van der Waals surface area contributed by atoms with Crippen molar-refractivity contribution in [3.63, 3.8) is 0 Å². The van der Waals surface area contributed by atoms with Crippen LogP contribution in [-0.2, 0) is 19.0 Å². The Morgan fingerprint density at radius 1 is 0.605 bits per heavy atom. The van der Waals surface area contributed by atoms with Gasteiger partial charge in [-0.25, -0.2) is 0 Å². The molecule has 0 unspecified atom stereocenters. The molecule has 0 atom stereocenters. The highest BCUT2D eigenvalue weighted by Gasteiger charge is 2.41. The van der Waals surface area contributed by atoms with Crippen LogP contribution < -0.4 is 9.47 Å². The SMILES string of the molecule is CCCCCCCCOc1ccc(C=C2OC(C)(OCC)OC(=Cc3ccc(OCCCCCCCC)cc3)C2=O)cc1. The lowest BCUT2D eigenvalue weighted by molar-refractivity contribution is -0.343. The summed E-state index contributed by atoms with van der Waals surface area (Å²) in [4.78, 5) is 13.4. The first-order chi connectivity index (χ1) is 21.0. The number of unbranched alkanes of at least 4 members (excludes halogenated alkanes) is 10. The summed E-state index contributed by atoms with van der Waals surface area (Å²) in [5, 5.41) is 0. The average Bonchev–Trinajstić information content (AvgIpc) is 3.00.